The maximum atomic E-state index is 13.7. The summed E-state index contributed by atoms with van der Waals surface area (Å²) < 4.78 is 28.5. The third-order valence-corrected chi connectivity index (χ3v) is 6.08. The number of piperazine rings is 1. The van der Waals surface area contributed by atoms with Gasteiger partial charge in [0.25, 0.3) is 5.91 Å². The Morgan fingerprint density at radius 1 is 1.00 bits per heavy atom. The first-order chi connectivity index (χ1) is 13.6. The monoisotopic (exact) mass is 404 g/mol. The van der Waals surface area contributed by atoms with Crippen LogP contribution in [0.5, 0.6) is 0 Å². The fourth-order valence-corrected chi connectivity index (χ4v) is 4.59. The zero-order valence-corrected chi connectivity index (χ0v) is 16.1. The quantitative estimate of drug-likeness (QED) is 0.580. The molecule has 1 aromatic heterocycles. The number of rotatable bonds is 5. The number of hydrogen-bond acceptors (Lipinski definition) is 3. The molecule has 0 aliphatic carbocycles. The van der Waals surface area contributed by atoms with E-state index in [1.54, 1.807) is 11.3 Å². The Hall–Kier alpha value is -2.42. The van der Waals surface area contributed by atoms with Gasteiger partial charge < -0.3 is 15.1 Å². The lowest BCUT2D eigenvalue weighted by atomic mass is 10.2. The number of carbonyl (C=O) groups excluding carboxylic acids is 1. The van der Waals surface area contributed by atoms with Crippen molar-refractivity contribution in [3.05, 3.63) is 59.1 Å². The van der Waals surface area contributed by atoms with Gasteiger partial charge >= 0.3 is 0 Å². The Balaban J connectivity index is 1.27. The number of halogens is 2. The van der Waals surface area contributed by atoms with Crippen LogP contribution in [0, 0.1) is 11.6 Å². The number of anilines is 1. The lowest BCUT2D eigenvalue weighted by Gasteiger charge is -2.28. The largest absolute Gasteiger partial charge is 0.320 e. The van der Waals surface area contributed by atoms with Crippen LogP contribution in [-0.2, 0) is 11.3 Å². The first-order valence-electron chi connectivity index (χ1n) is 9.34. The van der Waals surface area contributed by atoms with Crippen molar-refractivity contribution in [2.45, 2.75) is 6.54 Å². The zero-order valence-electron chi connectivity index (χ0n) is 15.3. The minimum atomic E-state index is -0.756. The van der Waals surface area contributed by atoms with Crippen LogP contribution < -0.4 is 15.1 Å². The molecule has 0 radical (unpaired) electrons. The number of nitrogens with zero attached hydrogens (tertiary/aromatic N) is 1. The molecule has 0 saturated carbocycles. The Bertz CT molecular complexity index is 932. The van der Waals surface area contributed by atoms with Gasteiger partial charge in [0.2, 0.25) is 0 Å². The predicted molar refractivity (Wildman–Crippen MR) is 105 cm³/mol. The van der Waals surface area contributed by atoms with E-state index in [2.05, 4.69) is 11.4 Å². The van der Waals surface area contributed by atoms with Crippen LogP contribution in [0.1, 0.15) is 5.01 Å². The molecule has 0 atom stereocenters. The second-order valence-corrected chi connectivity index (χ2v) is 8.19. The molecular weight excluding hydrogens is 382 g/mol. The second kappa shape index (κ2) is 8.30. The van der Waals surface area contributed by atoms with E-state index in [-0.39, 0.29) is 18.1 Å². The number of nitrogens with one attached hydrogen (secondary N) is 3. The zero-order chi connectivity index (χ0) is 19.5. The Kier molecular flexibility index (Phi) is 5.61. The molecule has 3 N–H and O–H groups in total. The number of para-hydroxylation sites is 2. The number of hydrogen-bond donors (Lipinski definition) is 3. The molecule has 0 unspecified atom stereocenters. The molecule has 1 fully saturated rings. The molecule has 1 amide bonds. The van der Waals surface area contributed by atoms with Crippen LogP contribution in [0.25, 0.3) is 10.2 Å². The third-order valence-electron chi connectivity index (χ3n) is 5.04. The maximum Gasteiger partial charge on any atom is 0.279 e. The van der Waals surface area contributed by atoms with Gasteiger partial charge in [-0.2, -0.15) is 0 Å². The first-order valence-corrected chi connectivity index (χ1v) is 10.2. The van der Waals surface area contributed by atoms with E-state index in [4.69, 9.17) is 4.98 Å². The smallest absolute Gasteiger partial charge is 0.279 e. The number of carbonyl (C=O) groups is 1. The van der Waals surface area contributed by atoms with Crippen LogP contribution >= 0.6 is 11.3 Å². The average molecular weight is 404 g/mol. The summed E-state index contributed by atoms with van der Waals surface area (Å²) in [5.74, 6) is -1.88. The molecule has 0 bridgehead atoms. The second-order valence-electron chi connectivity index (χ2n) is 7.07. The standard InChI is InChI=1S/C20H20F2N4OS/c21-14-4-3-5-15(22)20(14)24-18(27)12-25-8-10-26(11-9-25)13-19-23-16-6-1-2-7-17(16)28-19/h1-7H,8-13H2,(H,24,27)/p+2. The highest BCUT2D eigenvalue weighted by molar-refractivity contribution is 7.18. The molecule has 3 aromatic rings. The van der Waals surface area contributed by atoms with Gasteiger partial charge in [0.15, 0.2) is 6.54 Å². The molecule has 1 aliphatic rings. The molecule has 4 rings (SSSR count). The van der Waals surface area contributed by atoms with Crippen LogP contribution in [0.4, 0.5) is 14.5 Å². The molecule has 1 aliphatic heterocycles. The van der Waals surface area contributed by atoms with Gasteiger partial charge in [0.1, 0.15) is 55.1 Å². The van der Waals surface area contributed by atoms with E-state index in [0.29, 0.717) is 0 Å². The molecular formula is C20H22F2N4OS+2. The number of amides is 1. The predicted octanol–water partition coefficient (Wildman–Crippen LogP) is 0.497. The Labute approximate surface area is 165 Å². The van der Waals surface area contributed by atoms with Crippen molar-refractivity contribution in [1.29, 1.82) is 0 Å². The SMILES string of the molecule is O=C(C[NH+]1CC[NH+](Cc2nc3ccccc3s2)CC1)Nc1c(F)cccc1F. The lowest BCUT2D eigenvalue weighted by molar-refractivity contribution is -1.01. The molecule has 0 spiro atoms. The van der Waals surface area contributed by atoms with Gasteiger partial charge in [-0.25, -0.2) is 13.8 Å². The van der Waals surface area contributed by atoms with E-state index < -0.39 is 11.6 Å². The summed E-state index contributed by atoms with van der Waals surface area (Å²) in [6, 6.07) is 11.7. The van der Waals surface area contributed by atoms with Crippen molar-refractivity contribution >= 4 is 33.1 Å². The summed E-state index contributed by atoms with van der Waals surface area (Å²) in [6.45, 7) is 4.65. The molecule has 146 valence electrons. The maximum absolute atomic E-state index is 13.7. The van der Waals surface area contributed by atoms with E-state index in [1.165, 1.54) is 15.7 Å². The summed E-state index contributed by atoms with van der Waals surface area (Å²) in [4.78, 5) is 19.4. The summed E-state index contributed by atoms with van der Waals surface area (Å²) >= 11 is 1.73. The highest BCUT2D eigenvalue weighted by Crippen LogP contribution is 2.20. The minimum absolute atomic E-state index is 0.211. The van der Waals surface area contributed by atoms with Crippen LogP contribution in [0.2, 0.25) is 0 Å². The summed E-state index contributed by atoms with van der Waals surface area (Å²) in [6.07, 6.45) is 0. The molecule has 2 aromatic carbocycles. The third kappa shape index (κ3) is 4.35. The number of thiazole rings is 1. The number of benzene rings is 2. The number of aromatic nitrogens is 1. The van der Waals surface area contributed by atoms with Crippen molar-refractivity contribution in [2.75, 3.05) is 38.0 Å². The van der Waals surface area contributed by atoms with E-state index in [1.807, 2.05) is 18.2 Å². The van der Waals surface area contributed by atoms with Crippen molar-refractivity contribution in [3.8, 4) is 0 Å². The number of fused-ring (bicyclic) bond motifs is 1. The molecule has 8 heteroatoms. The molecule has 5 nitrogen and oxygen atoms in total. The Morgan fingerprint density at radius 3 is 2.39 bits per heavy atom. The van der Waals surface area contributed by atoms with Crippen LogP contribution in [0.15, 0.2) is 42.5 Å². The van der Waals surface area contributed by atoms with Gasteiger partial charge in [-0.3, -0.25) is 4.79 Å². The number of quaternary nitrogens is 2. The first kappa shape index (κ1) is 18.9. The fraction of sp³-hybridized carbons (Fsp3) is 0.300. The van der Waals surface area contributed by atoms with Gasteiger partial charge in [0, 0.05) is 0 Å². The lowest BCUT2D eigenvalue weighted by Crippen LogP contribution is -3.28. The minimum Gasteiger partial charge on any atom is -0.320 e. The van der Waals surface area contributed by atoms with Crippen molar-refractivity contribution in [2.24, 2.45) is 0 Å². The highest BCUT2D eigenvalue weighted by Gasteiger charge is 2.26. The van der Waals surface area contributed by atoms with Crippen molar-refractivity contribution in [3.63, 3.8) is 0 Å². The van der Waals surface area contributed by atoms with Crippen LogP contribution in [0.3, 0.4) is 0 Å². The van der Waals surface area contributed by atoms with Crippen molar-refractivity contribution in [1.82, 2.24) is 4.98 Å². The van der Waals surface area contributed by atoms with E-state index >= 15 is 0 Å². The van der Waals surface area contributed by atoms with Crippen LogP contribution in [-0.4, -0.2) is 43.6 Å². The van der Waals surface area contributed by atoms with Gasteiger partial charge in [0.05, 0.1) is 10.2 Å². The average Bonchev–Trinajstić information content (AvgIpc) is 3.09. The van der Waals surface area contributed by atoms with Gasteiger partial charge in [-0.15, -0.1) is 11.3 Å². The Morgan fingerprint density at radius 2 is 1.68 bits per heavy atom. The van der Waals surface area contributed by atoms with E-state index in [0.717, 1.165) is 60.3 Å². The summed E-state index contributed by atoms with van der Waals surface area (Å²) in [7, 11) is 0. The van der Waals surface area contributed by atoms with Gasteiger partial charge in [-0.1, -0.05) is 18.2 Å². The summed E-state index contributed by atoms with van der Waals surface area (Å²) in [5, 5.41) is 3.50. The molecule has 2 heterocycles. The fourth-order valence-electron chi connectivity index (χ4n) is 3.55. The normalized spacial score (nSPS) is 19.6. The van der Waals surface area contributed by atoms with Crippen molar-refractivity contribution < 1.29 is 23.4 Å². The van der Waals surface area contributed by atoms with Gasteiger partial charge in [-0.05, 0) is 24.3 Å². The summed E-state index contributed by atoms with van der Waals surface area (Å²) in [5.41, 5.74) is 0.676. The molecule has 28 heavy (non-hydrogen) atoms. The highest BCUT2D eigenvalue weighted by atomic mass is 32.1. The van der Waals surface area contributed by atoms with E-state index in [9.17, 15) is 13.6 Å². The molecule has 1 saturated heterocycles. The topological polar surface area (TPSA) is 50.9 Å².